The smallest absolute Gasteiger partial charge is 0.282 e. The standard InChI is InChI=1S/C19H19F2N3OS/c1-26-16-8-4-14(5-9-16)24-18(12-17(23-24)19(20)21)13-2-6-15(7-3-13)25-11-10-22/h2-9,12,19H,10-11,22H2,1H3. The minimum Gasteiger partial charge on any atom is -0.492 e. The van der Waals surface area contributed by atoms with Gasteiger partial charge in [-0.05, 0) is 60.9 Å². The van der Waals surface area contributed by atoms with E-state index in [1.54, 1.807) is 28.6 Å². The lowest BCUT2D eigenvalue weighted by Gasteiger charge is -2.09. The predicted octanol–water partition coefficient (Wildman–Crippen LogP) is 4.54. The van der Waals surface area contributed by atoms with E-state index in [-0.39, 0.29) is 5.69 Å². The number of halogens is 2. The highest BCUT2D eigenvalue weighted by Crippen LogP contribution is 2.30. The van der Waals surface area contributed by atoms with E-state index < -0.39 is 6.43 Å². The lowest BCUT2D eigenvalue weighted by Crippen LogP contribution is -2.10. The summed E-state index contributed by atoms with van der Waals surface area (Å²) in [4.78, 5) is 1.10. The first-order valence-corrected chi connectivity index (χ1v) is 9.30. The first-order valence-electron chi connectivity index (χ1n) is 8.08. The SMILES string of the molecule is CSc1ccc(-n2nc(C(F)F)cc2-c2ccc(OCCN)cc2)cc1. The maximum Gasteiger partial charge on any atom is 0.282 e. The van der Waals surface area contributed by atoms with Crippen molar-refractivity contribution in [3.05, 3.63) is 60.3 Å². The molecule has 0 atom stereocenters. The second-order valence-corrected chi connectivity index (χ2v) is 6.41. The normalized spacial score (nSPS) is 11.1. The molecule has 0 saturated heterocycles. The highest BCUT2D eigenvalue weighted by atomic mass is 32.2. The maximum absolute atomic E-state index is 13.2. The summed E-state index contributed by atoms with van der Waals surface area (Å²) in [6, 6.07) is 16.3. The number of alkyl halides is 2. The van der Waals surface area contributed by atoms with Crippen LogP contribution in [0.4, 0.5) is 8.78 Å². The number of benzene rings is 2. The molecule has 26 heavy (non-hydrogen) atoms. The zero-order chi connectivity index (χ0) is 18.5. The van der Waals surface area contributed by atoms with Gasteiger partial charge in [0.05, 0.1) is 11.4 Å². The molecule has 4 nitrogen and oxygen atoms in total. The molecule has 0 aliphatic rings. The maximum atomic E-state index is 13.2. The van der Waals surface area contributed by atoms with Gasteiger partial charge in [-0.3, -0.25) is 0 Å². The van der Waals surface area contributed by atoms with Gasteiger partial charge in [-0.2, -0.15) is 5.10 Å². The molecule has 3 aromatic rings. The summed E-state index contributed by atoms with van der Waals surface area (Å²) in [6.45, 7) is 0.854. The molecular weight excluding hydrogens is 356 g/mol. The first kappa shape index (κ1) is 18.4. The van der Waals surface area contributed by atoms with Crippen molar-refractivity contribution < 1.29 is 13.5 Å². The van der Waals surface area contributed by atoms with Crippen LogP contribution in [0.2, 0.25) is 0 Å². The number of nitrogens with zero attached hydrogens (tertiary/aromatic N) is 2. The van der Waals surface area contributed by atoms with Crippen molar-refractivity contribution in [2.45, 2.75) is 11.3 Å². The monoisotopic (exact) mass is 375 g/mol. The average molecular weight is 375 g/mol. The summed E-state index contributed by atoms with van der Waals surface area (Å²) < 4.78 is 33.4. The quantitative estimate of drug-likeness (QED) is 0.616. The number of rotatable bonds is 7. The number of aromatic nitrogens is 2. The van der Waals surface area contributed by atoms with E-state index in [4.69, 9.17) is 10.5 Å². The Morgan fingerprint density at radius 2 is 1.81 bits per heavy atom. The van der Waals surface area contributed by atoms with Gasteiger partial charge in [0, 0.05) is 17.0 Å². The highest BCUT2D eigenvalue weighted by Gasteiger charge is 2.17. The van der Waals surface area contributed by atoms with E-state index in [2.05, 4.69) is 5.10 Å². The molecule has 0 saturated carbocycles. The molecule has 1 aromatic heterocycles. The van der Waals surface area contributed by atoms with Crippen molar-refractivity contribution >= 4 is 11.8 Å². The Kier molecular flexibility index (Phi) is 5.90. The van der Waals surface area contributed by atoms with Gasteiger partial charge < -0.3 is 10.5 Å². The third-order valence-electron chi connectivity index (χ3n) is 3.81. The average Bonchev–Trinajstić information content (AvgIpc) is 3.12. The minimum atomic E-state index is -2.63. The first-order chi connectivity index (χ1) is 12.6. The van der Waals surface area contributed by atoms with Gasteiger partial charge in [0.25, 0.3) is 6.43 Å². The van der Waals surface area contributed by atoms with E-state index in [0.717, 1.165) is 16.1 Å². The molecule has 0 fully saturated rings. The van der Waals surface area contributed by atoms with Crippen LogP contribution in [0.5, 0.6) is 5.75 Å². The highest BCUT2D eigenvalue weighted by molar-refractivity contribution is 7.98. The zero-order valence-electron chi connectivity index (χ0n) is 14.2. The van der Waals surface area contributed by atoms with Gasteiger partial charge >= 0.3 is 0 Å². The molecular formula is C19H19F2N3OS. The molecule has 0 spiro atoms. The van der Waals surface area contributed by atoms with Gasteiger partial charge in [0.1, 0.15) is 18.1 Å². The summed E-state index contributed by atoms with van der Waals surface area (Å²) >= 11 is 1.62. The Bertz CT molecular complexity index is 848. The van der Waals surface area contributed by atoms with Gasteiger partial charge in [-0.25, -0.2) is 13.5 Å². The molecule has 0 bridgehead atoms. The Hall–Kier alpha value is -2.38. The fourth-order valence-corrected chi connectivity index (χ4v) is 2.94. The molecule has 3 rings (SSSR count). The molecule has 0 radical (unpaired) electrons. The zero-order valence-corrected chi connectivity index (χ0v) is 15.0. The number of thioether (sulfide) groups is 1. The molecule has 1 heterocycles. The van der Waals surface area contributed by atoms with Crippen LogP contribution in [-0.4, -0.2) is 29.2 Å². The Balaban J connectivity index is 1.99. The molecule has 0 aliphatic carbocycles. The van der Waals surface area contributed by atoms with Crippen LogP contribution >= 0.6 is 11.8 Å². The molecule has 2 aromatic carbocycles. The third kappa shape index (κ3) is 4.05. The summed E-state index contributed by atoms with van der Waals surface area (Å²) in [7, 11) is 0. The summed E-state index contributed by atoms with van der Waals surface area (Å²) in [5.41, 5.74) is 7.28. The molecule has 0 unspecified atom stereocenters. The molecule has 136 valence electrons. The Morgan fingerprint density at radius 3 is 2.38 bits per heavy atom. The van der Waals surface area contributed by atoms with Crippen LogP contribution in [-0.2, 0) is 0 Å². The Labute approximate surface area is 155 Å². The van der Waals surface area contributed by atoms with E-state index in [0.29, 0.717) is 24.6 Å². The van der Waals surface area contributed by atoms with Gasteiger partial charge in [-0.15, -0.1) is 11.8 Å². The number of ether oxygens (including phenoxy) is 1. The summed E-state index contributed by atoms with van der Waals surface area (Å²) in [6.07, 6.45) is -0.648. The second-order valence-electron chi connectivity index (χ2n) is 5.53. The largest absolute Gasteiger partial charge is 0.492 e. The molecule has 2 N–H and O–H groups in total. The Morgan fingerprint density at radius 1 is 1.12 bits per heavy atom. The third-order valence-corrected chi connectivity index (χ3v) is 4.55. The van der Waals surface area contributed by atoms with Crippen molar-refractivity contribution in [2.24, 2.45) is 5.73 Å². The fraction of sp³-hybridized carbons (Fsp3) is 0.211. The van der Waals surface area contributed by atoms with Gasteiger partial charge in [0.15, 0.2) is 0 Å². The van der Waals surface area contributed by atoms with Crippen molar-refractivity contribution in [2.75, 3.05) is 19.4 Å². The van der Waals surface area contributed by atoms with Crippen LogP contribution in [0.1, 0.15) is 12.1 Å². The van der Waals surface area contributed by atoms with E-state index in [1.165, 1.54) is 6.07 Å². The number of hydrogen-bond donors (Lipinski definition) is 1. The van der Waals surface area contributed by atoms with Crippen molar-refractivity contribution in [3.8, 4) is 22.7 Å². The second kappa shape index (κ2) is 8.33. The molecule has 0 aliphatic heterocycles. The lowest BCUT2D eigenvalue weighted by atomic mass is 10.1. The summed E-state index contributed by atoms with van der Waals surface area (Å²) in [5.74, 6) is 0.684. The topological polar surface area (TPSA) is 53.1 Å². The molecule has 7 heteroatoms. The molecule has 0 amide bonds. The number of hydrogen-bond acceptors (Lipinski definition) is 4. The van der Waals surface area contributed by atoms with Crippen LogP contribution in [0.3, 0.4) is 0 Å². The van der Waals surface area contributed by atoms with Crippen molar-refractivity contribution in [3.63, 3.8) is 0 Å². The number of nitrogens with two attached hydrogens (primary N) is 1. The van der Waals surface area contributed by atoms with Crippen molar-refractivity contribution in [1.29, 1.82) is 0 Å². The van der Waals surface area contributed by atoms with Crippen LogP contribution in [0, 0.1) is 0 Å². The van der Waals surface area contributed by atoms with Crippen molar-refractivity contribution in [1.82, 2.24) is 9.78 Å². The van der Waals surface area contributed by atoms with Gasteiger partial charge in [-0.1, -0.05) is 0 Å². The van der Waals surface area contributed by atoms with Crippen LogP contribution in [0.25, 0.3) is 16.9 Å². The van der Waals surface area contributed by atoms with Crippen LogP contribution < -0.4 is 10.5 Å². The van der Waals surface area contributed by atoms with E-state index in [1.807, 2.05) is 42.7 Å². The summed E-state index contributed by atoms with van der Waals surface area (Å²) in [5, 5.41) is 4.10. The minimum absolute atomic E-state index is 0.252. The van der Waals surface area contributed by atoms with Crippen LogP contribution in [0.15, 0.2) is 59.5 Å². The fourth-order valence-electron chi connectivity index (χ4n) is 2.53. The predicted molar refractivity (Wildman–Crippen MR) is 100 cm³/mol. The van der Waals surface area contributed by atoms with E-state index in [9.17, 15) is 8.78 Å². The van der Waals surface area contributed by atoms with E-state index >= 15 is 0 Å². The van der Waals surface area contributed by atoms with Gasteiger partial charge in [0.2, 0.25) is 0 Å². The lowest BCUT2D eigenvalue weighted by molar-refractivity contribution is 0.145.